The molecule has 1 N–H and O–H groups in total. The molecule has 0 spiro atoms. The molecule has 0 saturated heterocycles. The van der Waals surface area contributed by atoms with Gasteiger partial charge in [-0.25, -0.2) is 0 Å². The second-order valence-electron chi connectivity index (χ2n) is 5.69. The van der Waals surface area contributed by atoms with Crippen LogP contribution in [0.3, 0.4) is 0 Å². The van der Waals surface area contributed by atoms with Crippen molar-refractivity contribution >= 4 is 27.7 Å². The van der Waals surface area contributed by atoms with Crippen LogP contribution in [-0.2, 0) is 6.42 Å². The number of aryl methyl sites for hydroxylation is 1. The molecule has 0 bridgehead atoms. The molecule has 1 aliphatic carbocycles. The third-order valence-corrected chi connectivity index (χ3v) is 5.76. The standard InChI is InChI=1S/C17H25BrOS/c1-2-20-16-10-9-15(17(18)12-16)8-7-13(4-3-11-19)14-5-6-14/h9-10,12-14,19H,2-8,11H2,1H3. The van der Waals surface area contributed by atoms with Crippen molar-refractivity contribution in [1.29, 1.82) is 0 Å². The molecule has 3 heteroatoms. The number of halogens is 1. The molecule has 112 valence electrons. The van der Waals surface area contributed by atoms with E-state index in [-0.39, 0.29) is 0 Å². The molecule has 0 aliphatic heterocycles. The van der Waals surface area contributed by atoms with Crippen molar-refractivity contribution < 1.29 is 5.11 Å². The van der Waals surface area contributed by atoms with Crippen LogP contribution in [0.1, 0.15) is 44.6 Å². The van der Waals surface area contributed by atoms with E-state index >= 15 is 0 Å². The molecule has 0 amide bonds. The van der Waals surface area contributed by atoms with Gasteiger partial charge in [0.25, 0.3) is 0 Å². The summed E-state index contributed by atoms with van der Waals surface area (Å²) in [7, 11) is 0. The Morgan fingerprint density at radius 1 is 1.35 bits per heavy atom. The van der Waals surface area contributed by atoms with E-state index in [1.54, 1.807) is 0 Å². The van der Waals surface area contributed by atoms with Crippen molar-refractivity contribution in [2.45, 2.75) is 50.3 Å². The summed E-state index contributed by atoms with van der Waals surface area (Å²) in [4.78, 5) is 1.35. The molecular weight excluding hydrogens is 332 g/mol. The molecule has 2 rings (SSSR count). The summed E-state index contributed by atoms with van der Waals surface area (Å²) in [5.74, 6) is 2.88. The summed E-state index contributed by atoms with van der Waals surface area (Å²) in [5.41, 5.74) is 1.43. The van der Waals surface area contributed by atoms with Gasteiger partial charge in [0.05, 0.1) is 0 Å². The lowest BCUT2D eigenvalue weighted by Gasteiger charge is -2.16. The zero-order valence-electron chi connectivity index (χ0n) is 12.3. The number of hydrogen-bond donors (Lipinski definition) is 1. The quantitative estimate of drug-likeness (QED) is 0.606. The fraction of sp³-hybridized carbons (Fsp3) is 0.647. The third-order valence-electron chi connectivity index (χ3n) is 4.14. The number of aliphatic hydroxyl groups excluding tert-OH is 1. The minimum absolute atomic E-state index is 0.343. The van der Waals surface area contributed by atoms with E-state index in [0.717, 1.165) is 30.4 Å². The maximum Gasteiger partial charge on any atom is 0.0431 e. The Morgan fingerprint density at radius 2 is 2.15 bits per heavy atom. The highest BCUT2D eigenvalue weighted by Crippen LogP contribution is 2.41. The third kappa shape index (κ3) is 5.09. The van der Waals surface area contributed by atoms with E-state index in [0.29, 0.717) is 6.61 Å². The van der Waals surface area contributed by atoms with E-state index in [1.807, 2.05) is 11.8 Å². The first-order valence-corrected chi connectivity index (χ1v) is 9.54. The Kier molecular flexibility index (Phi) is 6.92. The minimum Gasteiger partial charge on any atom is -0.396 e. The fourth-order valence-electron chi connectivity index (χ4n) is 2.86. The first-order valence-electron chi connectivity index (χ1n) is 7.76. The van der Waals surface area contributed by atoms with Gasteiger partial charge in [-0.2, -0.15) is 0 Å². The highest BCUT2D eigenvalue weighted by Gasteiger charge is 2.30. The van der Waals surface area contributed by atoms with Crippen molar-refractivity contribution in [2.24, 2.45) is 11.8 Å². The van der Waals surface area contributed by atoms with Crippen LogP contribution in [0, 0.1) is 11.8 Å². The van der Waals surface area contributed by atoms with Gasteiger partial charge in [-0.3, -0.25) is 0 Å². The van der Waals surface area contributed by atoms with Gasteiger partial charge >= 0.3 is 0 Å². The maximum absolute atomic E-state index is 9.02. The Bertz CT molecular complexity index is 417. The molecule has 0 radical (unpaired) electrons. The van der Waals surface area contributed by atoms with Gasteiger partial charge in [0, 0.05) is 16.0 Å². The van der Waals surface area contributed by atoms with Crippen molar-refractivity contribution in [2.75, 3.05) is 12.4 Å². The lowest BCUT2D eigenvalue weighted by molar-refractivity contribution is 0.261. The van der Waals surface area contributed by atoms with Crippen LogP contribution in [0.4, 0.5) is 0 Å². The van der Waals surface area contributed by atoms with Gasteiger partial charge in [-0.1, -0.05) is 28.9 Å². The van der Waals surface area contributed by atoms with Crippen molar-refractivity contribution in [3.8, 4) is 0 Å². The molecule has 1 fully saturated rings. The van der Waals surface area contributed by atoms with Gasteiger partial charge in [-0.05, 0) is 73.8 Å². The zero-order valence-corrected chi connectivity index (χ0v) is 14.7. The number of thioether (sulfide) groups is 1. The largest absolute Gasteiger partial charge is 0.396 e. The number of hydrogen-bond acceptors (Lipinski definition) is 2. The van der Waals surface area contributed by atoms with Gasteiger partial charge in [0.1, 0.15) is 0 Å². The minimum atomic E-state index is 0.343. The molecule has 1 aromatic carbocycles. The van der Waals surface area contributed by atoms with Crippen LogP contribution in [0.2, 0.25) is 0 Å². The lowest BCUT2D eigenvalue weighted by Crippen LogP contribution is -2.06. The lowest BCUT2D eigenvalue weighted by atomic mass is 9.91. The summed E-state index contributed by atoms with van der Waals surface area (Å²) in [6.07, 6.45) is 7.40. The molecule has 1 nitrogen and oxygen atoms in total. The molecule has 1 aromatic rings. The van der Waals surface area contributed by atoms with E-state index < -0.39 is 0 Å². The molecule has 1 saturated carbocycles. The Hall–Kier alpha value is 0.01000. The van der Waals surface area contributed by atoms with Gasteiger partial charge in [0.2, 0.25) is 0 Å². The summed E-state index contributed by atoms with van der Waals surface area (Å²) < 4.78 is 1.26. The van der Waals surface area contributed by atoms with Crippen LogP contribution in [0.25, 0.3) is 0 Å². The summed E-state index contributed by atoms with van der Waals surface area (Å²) >= 11 is 5.61. The fourth-order valence-corrected chi connectivity index (χ4v) is 4.29. The van der Waals surface area contributed by atoms with E-state index in [4.69, 9.17) is 5.11 Å². The first-order chi connectivity index (χ1) is 9.74. The summed E-state index contributed by atoms with van der Waals surface area (Å²) in [6, 6.07) is 6.77. The monoisotopic (exact) mass is 356 g/mol. The van der Waals surface area contributed by atoms with Gasteiger partial charge in [-0.15, -0.1) is 11.8 Å². The molecule has 20 heavy (non-hydrogen) atoms. The van der Waals surface area contributed by atoms with Crippen LogP contribution in [-0.4, -0.2) is 17.5 Å². The Morgan fingerprint density at radius 3 is 2.75 bits per heavy atom. The number of rotatable bonds is 9. The second-order valence-corrected chi connectivity index (χ2v) is 7.88. The Balaban J connectivity index is 1.88. The highest BCUT2D eigenvalue weighted by atomic mass is 79.9. The summed E-state index contributed by atoms with van der Waals surface area (Å²) in [5, 5.41) is 9.02. The first kappa shape index (κ1) is 16.4. The van der Waals surface area contributed by atoms with Gasteiger partial charge < -0.3 is 5.11 Å². The van der Waals surface area contributed by atoms with E-state index in [9.17, 15) is 0 Å². The van der Waals surface area contributed by atoms with Crippen molar-refractivity contribution in [3.63, 3.8) is 0 Å². The average Bonchev–Trinajstić information content (AvgIpc) is 3.26. The Labute approximate surface area is 135 Å². The maximum atomic E-state index is 9.02. The molecule has 1 atom stereocenters. The van der Waals surface area contributed by atoms with Crippen molar-refractivity contribution in [1.82, 2.24) is 0 Å². The molecular formula is C17H25BrOS. The van der Waals surface area contributed by atoms with Crippen LogP contribution in [0.5, 0.6) is 0 Å². The van der Waals surface area contributed by atoms with E-state index in [1.165, 1.54) is 40.6 Å². The normalized spacial score (nSPS) is 16.4. The topological polar surface area (TPSA) is 20.2 Å². The van der Waals surface area contributed by atoms with Gasteiger partial charge in [0.15, 0.2) is 0 Å². The van der Waals surface area contributed by atoms with Crippen LogP contribution >= 0.6 is 27.7 Å². The summed E-state index contributed by atoms with van der Waals surface area (Å²) in [6.45, 7) is 2.53. The average molecular weight is 357 g/mol. The molecule has 1 unspecified atom stereocenters. The van der Waals surface area contributed by atoms with Crippen molar-refractivity contribution in [3.05, 3.63) is 28.2 Å². The zero-order chi connectivity index (χ0) is 14.4. The van der Waals surface area contributed by atoms with Crippen LogP contribution < -0.4 is 0 Å². The van der Waals surface area contributed by atoms with Crippen LogP contribution in [0.15, 0.2) is 27.6 Å². The predicted molar refractivity (Wildman–Crippen MR) is 91.4 cm³/mol. The molecule has 0 aromatic heterocycles. The van der Waals surface area contributed by atoms with E-state index in [2.05, 4.69) is 41.1 Å². The number of benzene rings is 1. The molecule has 0 heterocycles. The highest BCUT2D eigenvalue weighted by molar-refractivity contribution is 9.10. The predicted octanol–water partition coefficient (Wildman–Crippen LogP) is 5.29. The second kappa shape index (κ2) is 8.45. The SMILES string of the molecule is CCSc1ccc(CCC(CCCO)C2CC2)c(Br)c1. The molecule has 1 aliphatic rings. The number of aliphatic hydroxyl groups is 1. The smallest absolute Gasteiger partial charge is 0.0431 e.